The quantitative estimate of drug-likeness (QED) is 0.306. The van der Waals surface area contributed by atoms with Crippen molar-refractivity contribution in [3.8, 4) is 11.8 Å². The van der Waals surface area contributed by atoms with Crippen LogP contribution in [0.15, 0.2) is 66.7 Å². The first kappa shape index (κ1) is 23.2. The average Bonchev–Trinajstić information content (AvgIpc) is 2.85. The first-order chi connectivity index (χ1) is 16.1. The Kier molecular flexibility index (Phi) is 7.88. The van der Waals surface area contributed by atoms with Gasteiger partial charge < -0.3 is 9.47 Å². The molecule has 1 saturated heterocycles. The van der Waals surface area contributed by atoms with Crippen molar-refractivity contribution in [2.24, 2.45) is 5.92 Å². The van der Waals surface area contributed by atoms with Crippen molar-refractivity contribution in [2.75, 3.05) is 13.2 Å². The minimum atomic E-state index is -0.840. The molecule has 0 N–H and O–H groups in total. The molecule has 4 heteroatoms. The van der Waals surface area contributed by atoms with Crippen molar-refractivity contribution in [2.45, 2.75) is 38.9 Å². The number of halogens is 2. The first-order valence-corrected chi connectivity index (χ1v) is 11.5. The van der Waals surface area contributed by atoms with Crippen molar-refractivity contribution in [1.82, 2.24) is 0 Å². The Balaban J connectivity index is 1.29. The molecule has 2 nitrogen and oxygen atoms in total. The van der Waals surface area contributed by atoms with Gasteiger partial charge in [0.2, 0.25) is 0 Å². The summed E-state index contributed by atoms with van der Waals surface area (Å²) in [5, 5.41) is 0.896. The molecular weight excluding hydrogens is 418 g/mol. The van der Waals surface area contributed by atoms with E-state index in [2.05, 4.69) is 36.1 Å². The molecule has 0 atom stereocenters. The third-order valence-corrected chi connectivity index (χ3v) is 5.89. The lowest BCUT2D eigenvalue weighted by Gasteiger charge is -2.29. The van der Waals surface area contributed by atoms with Crippen LogP contribution in [0, 0.1) is 29.4 Å². The van der Waals surface area contributed by atoms with E-state index < -0.39 is 11.6 Å². The third-order valence-electron chi connectivity index (χ3n) is 5.89. The summed E-state index contributed by atoms with van der Waals surface area (Å²) in [5.41, 5.74) is 2.87. The fraction of sp³-hybridized carbons (Fsp3) is 0.310. The summed E-state index contributed by atoms with van der Waals surface area (Å²) in [6, 6.07) is 15.9. The number of ether oxygens (including phenoxy) is 2. The summed E-state index contributed by atoms with van der Waals surface area (Å²) in [6.07, 6.45) is 8.04. The molecule has 33 heavy (non-hydrogen) atoms. The van der Waals surface area contributed by atoms with Gasteiger partial charge in [0.25, 0.3) is 0 Å². The molecule has 3 aromatic carbocycles. The molecular formula is C29H28F2O2. The normalized spacial score (nSPS) is 18.4. The Morgan fingerprint density at radius 2 is 1.64 bits per heavy atom. The van der Waals surface area contributed by atoms with E-state index in [1.807, 2.05) is 19.1 Å². The van der Waals surface area contributed by atoms with Gasteiger partial charge in [0, 0.05) is 28.9 Å². The molecule has 4 rings (SSSR count). The minimum absolute atomic E-state index is 0.131. The summed E-state index contributed by atoms with van der Waals surface area (Å²) in [6.45, 7) is 3.58. The number of rotatable bonds is 6. The molecule has 1 aliphatic heterocycles. The number of hydrogen-bond donors (Lipinski definition) is 0. The van der Waals surface area contributed by atoms with Crippen molar-refractivity contribution >= 4 is 10.8 Å². The maximum absolute atomic E-state index is 13.8. The lowest BCUT2D eigenvalue weighted by molar-refractivity contribution is -0.203. The van der Waals surface area contributed by atoms with Gasteiger partial charge in [-0.05, 0) is 67.5 Å². The highest BCUT2D eigenvalue weighted by Gasteiger charge is 2.21. The van der Waals surface area contributed by atoms with Crippen molar-refractivity contribution in [1.29, 1.82) is 0 Å². The van der Waals surface area contributed by atoms with Gasteiger partial charge in [-0.15, -0.1) is 0 Å². The number of allylic oxidation sites excluding steroid dienone is 2. The molecule has 1 fully saturated rings. The van der Waals surface area contributed by atoms with Gasteiger partial charge in [0.05, 0.1) is 13.2 Å². The average molecular weight is 447 g/mol. The topological polar surface area (TPSA) is 18.5 Å². The van der Waals surface area contributed by atoms with Gasteiger partial charge in [-0.25, -0.2) is 8.78 Å². The number of fused-ring (bicyclic) bond motifs is 1. The van der Waals surface area contributed by atoms with Crippen LogP contribution in [0.3, 0.4) is 0 Å². The first-order valence-electron chi connectivity index (χ1n) is 11.5. The maximum atomic E-state index is 13.8. The second kappa shape index (κ2) is 11.2. The zero-order valence-electron chi connectivity index (χ0n) is 18.8. The van der Waals surface area contributed by atoms with E-state index in [1.54, 1.807) is 24.3 Å². The predicted octanol–water partition coefficient (Wildman–Crippen LogP) is 6.80. The second-order valence-electron chi connectivity index (χ2n) is 8.39. The number of aryl methyl sites for hydroxylation is 1. The van der Waals surface area contributed by atoms with Gasteiger partial charge in [0.15, 0.2) is 17.9 Å². The summed E-state index contributed by atoms with van der Waals surface area (Å²) < 4.78 is 39.0. The van der Waals surface area contributed by atoms with Crippen LogP contribution in [0.2, 0.25) is 0 Å². The monoisotopic (exact) mass is 446 g/mol. The zero-order chi connectivity index (χ0) is 23.0. The smallest absolute Gasteiger partial charge is 0.166 e. The summed E-state index contributed by atoms with van der Waals surface area (Å²) >= 11 is 0. The molecule has 1 aliphatic rings. The maximum Gasteiger partial charge on any atom is 0.166 e. The highest BCUT2D eigenvalue weighted by atomic mass is 19.2. The van der Waals surface area contributed by atoms with E-state index in [-0.39, 0.29) is 11.7 Å². The van der Waals surface area contributed by atoms with Crippen LogP contribution >= 0.6 is 0 Å². The summed E-state index contributed by atoms with van der Waals surface area (Å²) in [7, 11) is 0. The number of benzene rings is 3. The van der Waals surface area contributed by atoms with Crippen molar-refractivity contribution in [3.05, 3.63) is 95.1 Å². The van der Waals surface area contributed by atoms with E-state index in [4.69, 9.17) is 9.47 Å². The predicted molar refractivity (Wildman–Crippen MR) is 128 cm³/mol. The van der Waals surface area contributed by atoms with Crippen LogP contribution < -0.4 is 0 Å². The molecule has 170 valence electrons. The van der Waals surface area contributed by atoms with Crippen molar-refractivity contribution < 1.29 is 18.3 Å². The molecule has 0 amide bonds. The Labute approximate surface area is 194 Å². The van der Waals surface area contributed by atoms with Crippen LogP contribution in [0.4, 0.5) is 8.78 Å². The minimum Gasteiger partial charge on any atom is -0.352 e. The van der Waals surface area contributed by atoms with Crippen molar-refractivity contribution in [3.63, 3.8) is 0 Å². The van der Waals surface area contributed by atoms with Gasteiger partial charge in [-0.3, -0.25) is 0 Å². The van der Waals surface area contributed by atoms with E-state index >= 15 is 0 Å². The van der Waals surface area contributed by atoms with E-state index in [0.717, 1.165) is 56.1 Å². The number of hydrogen-bond acceptors (Lipinski definition) is 2. The molecule has 0 spiro atoms. The van der Waals surface area contributed by atoms with Crippen LogP contribution in [0.5, 0.6) is 0 Å². The summed E-state index contributed by atoms with van der Waals surface area (Å²) in [5.74, 6) is 5.06. The molecule has 0 saturated carbocycles. The Morgan fingerprint density at radius 3 is 2.39 bits per heavy atom. The second-order valence-corrected chi connectivity index (χ2v) is 8.39. The van der Waals surface area contributed by atoms with E-state index in [0.29, 0.717) is 11.3 Å². The Morgan fingerprint density at radius 1 is 0.909 bits per heavy atom. The molecule has 3 aromatic rings. The van der Waals surface area contributed by atoms with Crippen LogP contribution in [0.1, 0.15) is 42.9 Å². The zero-order valence-corrected chi connectivity index (χ0v) is 18.8. The van der Waals surface area contributed by atoms with Gasteiger partial charge >= 0.3 is 0 Å². The molecule has 1 heterocycles. The van der Waals surface area contributed by atoms with Gasteiger partial charge in [0.1, 0.15) is 0 Å². The summed E-state index contributed by atoms with van der Waals surface area (Å²) in [4.78, 5) is 0. The van der Waals surface area contributed by atoms with Gasteiger partial charge in [-0.1, -0.05) is 48.3 Å². The van der Waals surface area contributed by atoms with E-state index in [1.165, 1.54) is 5.56 Å². The SMILES string of the molecule is C/C=C/CCC1COC(CCc2ccc(C#Cc3ccc4c(F)c(F)ccc4c3)cc2)OC1. The molecule has 0 radical (unpaired) electrons. The van der Waals surface area contributed by atoms with E-state index in [9.17, 15) is 8.78 Å². The van der Waals surface area contributed by atoms with Crippen LogP contribution in [-0.4, -0.2) is 19.5 Å². The Bertz CT molecular complexity index is 1160. The fourth-order valence-electron chi connectivity index (χ4n) is 3.94. The lowest BCUT2D eigenvalue weighted by atomic mass is 10.0. The molecule has 0 aromatic heterocycles. The lowest BCUT2D eigenvalue weighted by Crippen LogP contribution is -2.32. The Hall–Kier alpha value is -3.00. The molecule has 0 aliphatic carbocycles. The standard InChI is InChI=1S/C29H28F2O2/c1-2-3-4-5-24-19-32-28(33-20-24)17-13-22-8-6-21(7-9-22)10-11-23-12-15-26-25(18-23)14-16-27(30)29(26)31/h2-3,6-9,12,14-16,18,24,28H,4-5,13,17,19-20H2,1H3/b3-2+. The highest BCUT2D eigenvalue weighted by Crippen LogP contribution is 2.22. The van der Waals surface area contributed by atoms with Crippen LogP contribution in [0.25, 0.3) is 10.8 Å². The molecule has 0 unspecified atom stereocenters. The highest BCUT2D eigenvalue weighted by molar-refractivity contribution is 5.84. The van der Waals surface area contributed by atoms with Crippen LogP contribution in [-0.2, 0) is 15.9 Å². The third kappa shape index (κ3) is 6.28. The fourth-order valence-corrected chi connectivity index (χ4v) is 3.94. The largest absolute Gasteiger partial charge is 0.352 e. The van der Waals surface area contributed by atoms with Gasteiger partial charge in [-0.2, -0.15) is 0 Å². The molecule has 0 bridgehead atoms.